The van der Waals surface area contributed by atoms with E-state index in [0.717, 1.165) is 12.8 Å². The van der Waals surface area contributed by atoms with Gasteiger partial charge in [0.2, 0.25) is 0 Å². The molecule has 0 heterocycles. The van der Waals surface area contributed by atoms with Crippen LogP contribution in [0, 0.1) is 10.8 Å². The number of hydrogen-bond donors (Lipinski definition) is 1. The molecule has 0 aromatic rings. The van der Waals surface area contributed by atoms with Gasteiger partial charge in [-0.3, -0.25) is 0 Å². The molecule has 0 aliphatic heterocycles. The molecule has 0 fully saturated rings. The fraction of sp³-hybridized carbons (Fsp3) is 1.00. The van der Waals surface area contributed by atoms with E-state index in [1.807, 2.05) is 20.8 Å². The maximum atomic E-state index is 11.5. The van der Waals surface area contributed by atoms with Gasteiger partial charge in [-0.25, -0.2) is 4.84 Å². The Hall–Kier alpha value is -0.840. The third-order valence-corrected chi connectivity index (χ3v) is 2.80. The summed E-state index contributed by atoms with van der Waals surface area (Å²) in [7, 11) is 1.72. The summed E-state index contributed by atoms with van der Waals surface area (Å²) in [6, 6.07) is 0. The predicted octanol–water partition coefficient (Wildman–Crippen LogP) is 2.28. The lowest BCUT2D eigenvalue weighted by atomic mass is 10.1. The molecule has 1 unspecified atom stereocenters. The van der Waals surface area contributed by atoms with Gasteiger partial charge in [-0.1, -0.05) is 20.3 Å². The van der Waals surface area contributed by atoms with Crippen molar-refractivity contribution in [3.8, 4) is 0 Å². The zero-order valence-electron chi connectivity index (χ0n) is 11.4. The Morgan fingerprint density at radius 2 is 2.00 bits per heavy atom. The van der Waals surface area contributed by atoms with E-state index in [1.54, 1.807) is 7.05 Å². The van der Waals surface area contributed by atoms with E-state index in [9.17, 15) is 4.91 Å². The lowest BCUT2D eigenvalue weighted by Gasteiger charge is -2.22. The average molecular weight is 232 g/mol. The van der Waals surface area contributed by atoms with Crippen LogP contribution in [0.3, 0.4) is 0 Å². The Kier molecular flexibility index (Phi) is 6.33. The van der Waals surface area contributed by atoms with Gasteiger partial charge in [0.25, 0.3) is 4.98 Å². The van der Waals surface area contributed by atoms with Gasteiger partial charge in [0, 0.05) is 5.59 Å². The molecule has 0 saturated heterocycles. The second-order valence-electron chi connectivity index (χ2n) is 5.21. The van der Waals surface area contributed by atoms with Gasteiger partial charge in [-0.2, -0.15) is 0 Å². The fourth-order valence-electron chi connectivity index (χ4n) is 0.899. The molecule has 0 aliphatic carbocycles. The first-order valence-corrected chi connectivity index (χ1v) is 5.87. The van der Waals surface area contributed by atoms with E-state index in [0.29, 0.717) is 17.5 Å². The third kappa shape index (κ3) is 5.90. The maximum Gasteiger partial charge on any atom is 0.274 e. The molecule has 0 rings (SSSR count). The monoisotopic (exact) mass is 232 g/mol. The van der Waals surface area contributed by atoms with Crippen LogP contribution in [0.2, 0.25) is 0 Å². The van der Waals surface area contributed by atoms with Crippen LogP contribution in [-0.4, -0.2) is 29.2 Å². The topological polar surface area (TPSA) is 44.6 Å². The summed E-state index contributed by atoms with van der Waals surface area (Å²) in [5.41, 5.74) is 2.14. The van der Waals surface area contributed by atoms with Crippen LogP contribution in [0.4, 0.5) is 0 Å². The molecule has 1 N–H and O–H groups in total. The van der Waals surface area contributed by atoms with Crippen molar-refractivity contribution in [1.29, 1.82) is 0 Å². The maximum absolute atomic E-state index is 11.5. The molecule has 16 heavy (non-hydrogen) atoms. The van der Waals surface area contributed by atoms with Crippen LogP contribution in [0.1, 0.15) is 47.5 Å². The summed E-state index contributed by atoms with van der Waals surface area (Å²) in [5, 5.41) is 1.54. The van der Waals surface area contributed by atoms with Crippen molar-refractivity contribution in [1.82, 2.24) is 10.6 Å². The van der Waals surface area contributed by atoms with Gasteiger partial charge in [0.1, 0.15) is 0 Å². The first kappa shape index (κ1) is 15.2. The lowest BCUT2D eigenvalue weighted by molar-refractivity contribution is -0.795. The molecule has 0 aromatic heterocycles. The van der Waals surface area contributed by atoms with Gasteiger partial charge in [-0.15, -0.1) is 5.01 Å². The van der Waals surface area contributed by atoms with E-state index in [-0.39, 0.29) is 5.54 Å². The molecule has 0 bridgehead atoms. The highest BCUT2D eigenvalue weighted by Gasteiger charge is 2.29. The zero-order chi connectivity index (χ0) is 12.8. The number of nitroso groups, excluding NO2 is 1. The first-order valence-electron chi connectivity index (χ1n) is 5.87. The Bertz CT molecular complexity index is 214. The van der Waals surface area contributed by atoms with E-state index in [1.165, 1.54) is 5.01 Å². The Morgan fingerprint density at radius 1 is 1.44 bits per heavy atom. The van der Waals surface area contributed by atoms with Gasteiger partial charge in [-0.05, 0) is 33.1 Å². The minimum absolute atomic E-state index is 0.227. The number of hydrazine groups is 2. The molecule has 1 atom stereocenters. The smallest absolute Gasteiger partial charge is 0.222 e. The van der Waals surface area contributed by atoms with E-state index >= 15 is 0 Å². The first-order chi connectivity index (χ1) is 7.29. The average Bonchev–Trinajstić information content (AvgIpc) is 2.21. The molecule has 0 aromatic carbocycles. The summed E-state index contributed by atoms with van der Waals surface area (Å²) >= 11 is 0. The summed E-state index contributed by atoms with van der Waals surface area (Å²) < 4.78 is 0. The summed E-state index contributed by atoms with van der Waals surface area (Å²) in [4.78, 5) is 17.2. The Labute approximate surface area is 98.6 Å². The van der Waals surface area contributed by atoms with Crippen molar-refractivity contribution in [3.63, 3.8) is 0 Å². The van der Waals surface area contributed by atoms with Crippen molar-refractivity contribution in [2.45, 2.75) is 53.0 Å². The Balaban J connectivity index is 3.74. The van der Waals surface area contributed by atoms with E-state index < -0.39 is 0 Å². The van der Waals surface area contributed by atoms with Crippen molar-refractivity contribution in [3.05, 3.63) is 4.91 Å². The predicted molar refractivity (Wildman–Crippen MR) is 64.3 cm³/mol. The fourth-order valence-corrected chi connectivity index (χ4v) is 0.899. The van der Waals surface area contributed by atoms with Gasteiger partial charge < -0.3 is 0 Å². The van der Waals surface area contributed by atoms with Crippen LogP contribution in [0.15, 0.2) is 0 Å². The molecule has 0 saturated carbocycles. The quantitative estimate of drug-likeness (QED) is 0.415. The molecule has 0 amide bonds. The van der Waals surface area contributed by atoms with Crippen molar-refractivity contribution < 1.29 is 9.82 Å². The van der Waals surface area contributed by atoms with Crippen LogP contribution in [0.25, 0.3) is 0 Å². The molecular weight excluding hydrogens is 206 g/mol. The number of rotatable bonds is 7. The second kappa shape index (κ2) is 6.68. The van der Waals surface area contributed by atoms with E-state index in [4.69, 9.17) is 4.84 Å². The molecule has 0 aliphatic rings. The SMILES string of the molecule is CCC(C)CCON[N+](=O)N(C)C(C)(C)C. The van der Waals surface area contributed by atoms with Crippen molar-refractivity contribution in [2.75, 3.05) is 13.7 Å². The summed E-state index contributed by atoms with van der Waals surface area (Å²) in [5.74, 6) is 0.627. The standard InChI is InChI=1S/C11H26N3O2/c1-7-10(2)8-9-16-12-14(15)13(6)11(3,4)5/h10H,7-9H2,1-6H3,(H,12,15)/q+1. The lowest BCUT2D eigenvalue weighted by Crippen LogP contribution is -2.49. The highest BCUT2D eigenvalue weighted by Crippen LogP contribution is 2.09. The minimum atomic E-state index is -0.227. The number of nitrogens with zero attached hydrogens (tertiary/aromatic N) is 2. The highest BCUT2D eigenvalue weighted by atomic mass is 16.7. The van der Waals surface area contributed by atoms with Crippen LogP contribution in [-0.2, 0) is 4.84 Å². The summed E-state index contributed by atoms with van der Waals surface area (Å²) in [6.45, 7) is 10.7. The van der Waals surface area contributed by atoms with Gasteiger partial charge >= 0.3 is 0 Å². The number of nitrogens with one attached hydrogen (secondary N) is 1. The molecule has 0 spiro atoms. The van der Waals surface area contributed by atoms with Crippen LogP contribution >= 0.6 is 0 Å². The normalized spacial score (nSPS) is 13.4. The molecule has 0 radical (unpaired) electrons. The van der Waals surface area contributed by atoms with Crippen molar-refractivity contribution in [2.24, 2.45) is 5.92 Å². The molecular formula is C11H26N3O2+. The third-order valence-electron chi connectivity index (χ3n) is 2.80. The second-order valence-corrected chi connectivity index (χ2v) is 5.21. The molecule has 5 heteroatoms. The summed E-state index contributed by atoms with van der Waals surface area (Å²) in [6.07, 6.45) is 2.09. The highest BCUT2D eigenvalue weighted by molar-refractivity contribution is 4.64. The van der Waals surface area contributed by atoms with Crippen LogP contribution in [0.5, 0.6) is 0 Å². The molecule has 96 valence electrons. The van der Waals surface area contributed by atoms with Gasteiger partial charge in [0.05, 0.1) is 24.1 Å². The zero-order valence-corrected chi connectivity index (χ0v) is 11.4. The Morgan fingerprint density at radius 3 is 2.44 bits per heavy atom. The molecule has 5 nitrogen and oxygen atoms in total. The largest absolute Gasteiger partial charge is 0.274 e. The number of hydrogen-bond acceptors (Lipinski definition) is 2. The van der Waals surface area contributed by atoms with Gasteiger partial charge in [0.15, 0.2) is 0 Å². The van der Waals surface area contributed by atoms with Crippen LogP contribution < -0.4 is 5.59 Å². The minimum Gasteiger partial charge on any atom is -0.222 e. The van der Waals surface area contributed by atoms with E-state index in [2.05, 4.69) is 19.4 Å². The van der Waals surface area contributed by atoms with Crippen molar-refractivity contribution >= 4 is 0 Å².